The van der Waals surface area contributed by atoms with Gasteiger partial charge in [0, 0.05) is 81.6 Å². The molecule has 1 saturated heterocycles. The average Bonchev–Trinajstić information content (AvgIpc) is 2.90. The first-order valence-corrected chi connectivity index (χ1v) is 12.3. The van der Waals surface area contributed by atoms with Crippen molar-refractivity contribution >= 4 is 40.3 Å². The van der Waals surface area contributed by atoms with Gasteiger partial charge < -0.3 is 9.80 Å². The Morgan fingerprint density at radius 3 is 2.03 bits per heavy atom. The van der Waals surface area contributed by atoms with E-state index in [9.17, 15) is 14.4 Å². The fourth-order valence-corrected chi connectivity index (χ4v) is 4.87. The standard InChI is InChI=1S/C29H30N4O3/c1-30(2)23-12-9-21(10-13-23)11-14-26(34)32-18-15-31(16-19-32)17-20-33-28(35)24-7-3-5-22-6-4-8-25(27(22)24)29(33)36/h3-14H,15-20H2,1-2H3/b14-11+. The smallest absolute Gasteiger partial charge is 0.261 e. The van der Waals surface area contributed by atoms with Gasteiger partial charge >= 0.3 is 0 Å². The zero-order chi connectivity index (χ0) is 25.2. The van der Waals surface area contributed by atoms with E-state index >= 15 is 0 Å². The van der Waals surface area contributed by atoms with Crippen LogP contribution in [0.4, 0.5) is 5.69 Å². The molecule has 3 aromatic rings. The molecule has 0 radical (unpaired) electrons. The average molecular weight is 483 g/mol. The lowest BCUT2D eigenvalue weighted by Gasteiger charge is -2.35. The molecule has 0 saturated carbocycles. The van der Waals surface area contributed by atoms with Crippen LogP contribution in [0.1, 0.15) is 26.3 Å². The van der Waals surface area contributed by atoms with Crippen molar-refractivity contribution in [1.82, 2.24) is 14.7 Å². The van der Waals surface area contributed by atoms with Crippen LogP contribution in [-0.4, -0.2) is 85.8 Å². The number of hydrogen-bond acceptors (Lipinski definition) is 5. The number of rotatable bonds is 6. The Morgan fingerprint density at radius 2 is 1.44 bits per heavy atom. The summed E-state index contributed by atoms with van der Waals surface area (Å²) in [6.45, 7) is 3.57. The fraction of sp³-hybridized carbons (Fsp3) is 0.276. The van der Waals surface area contributed by atoms with E-state index in [1.165, 1.54) is 4.90 Å². The molecule has 0 atom stereocenters. The van der Waals surface area contributed by atoms with Crippen molar-refractivity contribution in [2.45, 2.75) is 0 Å². The molecule has 1 fully saturated rings. The monoisotopic (exact) mass is 482 g/mol. The van der Waals surface area contributed by atoms with Gasteiger partial charge in [-0.2, -0.15) is 0 Å². The number of hydrogen-bond donors (Lipinski definition) is 0. The second-order valence-corrected chi connectivity index (χ2v) is 9.46. The van der Waals surface area contributed by atoms with Gasteiger partial charge in [0.1, 0.15) is 0 Å². The third kappa shape index (κ3) is 4.62. The van der Waals surface area contributed by atoms with E-state index in [4.69, 9.17) is 0 Å². The van der Waals surface area contributed by atoms with E-state index in [1.807, 2.05) is 78.5 Å². The van der Waals surface area contributed by atoms with E-state index in [2.05, 4.69) is 4.90 Å². The summed E-state index contributed by atoms with van der Waals surface area (Å²) < 4.78 is 0. The van der Waals surface area contributed by atoms with Crippen molar-refractivity contribution in [2.75, 3.05) is 58.3 Å². The van der Waals surface area contributed by atoms with Crippen LogP contribution in [-0.2, 0) is 4.79 Å². The number of carbonyl (C=O) groups excluding carboxylic acids is 3. The van der Waals surface area contributed by atoms with Gasteiger partial charge in [-0.05, 0) is 41.3 Å². The topological polar surface area (TPSA) is 64.2 Å². The number of imide groups is 1. The molecule has 2 heterocycles. The van der Waals surface area contributed by atoms with Gasteiger partial charge in [-0.15, -0.1) is 0 Å². The summed E-state index contributed by atoms with van der Waals surface area (Å²) in [6, 6.07) is 19.2. The highest BCUT2D eigenvalue weighted by atomic mass is 16.2. The molecule has 184 valence electrons. The highest BCUT2D eigenvalue weighted by Crippen LogP contribution is 2.29. The molecular weight excluding hydrogens is 452 g/mol. The van der Waals surface area contributed by atoms with Crippen LogP contribution in [0.5, 0.6) is 0 Å². The minimum atomic E-state index is -0.234. The van der Waals surface area contributed by atoms with Crippen LogP contribution in [0.15, 0.2) is 66.7 Å². The molecular formula is C29H30N4O3. The molecule has 7 nitrogen and oxygen atoms in total. The zero-order valence-corrected chi connectivity index (χ0v) is 20.7. The van der Waals surface area contributed by atoms with Crippen LogP contribution in [0, 0.1) is 0 Å². The number of nitrogens with zero attached hydrogens (tertiary/aromatic N) is 4. The van der Waals surface area contributed by atoms with Crippen molar-refractivity contribution in [3.63, 3.8) is 0 Å². The van der Waals surface area contributed by atoms with Crippen LogP contribution in [0.2, 0.25) is 0 Å². The number of piperazine rings is 1. The van der Waals surface area contributed by atoms with Gasteiger partial charge in [-0.1, -0.05) is 36.4 Å². The first-order chi connectivity index (χ1) is 17.4. The summed E-state index contributed by atoms with van der Waals surface area (Å²) in [5.74, 6) is -0.471. The van der Waals surface area contributed by atoms with Crippen LogP contribution in [0.3, 0.4) is 0 Å². The SMILES string of the molecule is CN(C)c1ccc(/C=C/C(=O)N2CCN(CCN3C(=O)c4cccc5cccc(c45)C3=O)CC2)cc1. The van der Waals surface area contributed by atoms with Gasteiger partial charge in [-0.3, -0.25) is 24.2 Å². The summed E-state index contributed by atoms with van der Waals surface area (Å²) in [5, 5.41) is 1.66. The van der Waals surface area contributed by atoms with Gasteiger partial charge in [0.15, 0.2) is 0 Å². The molecule has 0 aliphatic carbocycles. The van der Waals surface area contributed by atoms with Crippen LogP contribution >= 0.6 is 0 Å². The Labute approximate surface area is 211 Å². The quantitative estimate of drug-likeness (QED) is 0.398. The second-order valence-electron chi connectivity index (χ2n) is 9.46. The van der Waals surface area contributed by atoms with Crippen molar-refractivity contribution in [3.05, 3.63) is 83.4 Å². The molecule has 0 aromatic heterocycles. The predicted molar refractivity (Wildman–Crippen MR) is 142 cm³/mol. The summed E-state index contributed by atoms with van der Waals surface area (Å²) in [7, 11) is 3.99. The minimum absolute atomic E-state index is 0.00239. The highest BCUT2D eigenvalue weighted by molar-refractivity contribution is 6.25. The van der Waals surface area contributed by atoms with E-state index in [-0.39, 0.29) is 17.7 Å². The highest BCUT2D eigenvalue weighted by Gasteiger charge is 2.33. The first kappa shape index (κ1) is 23.8. The number of anilines is 1. The summed E-state index contributed by atoms with van der Waals surface area (Å²) in [5.41, 5.74) is 3.27. The molecule has 3 aromatic carbocycles. The number of carbonyl (C=O) groups is 3. The first-order valence-electron chi connectivity index (χ1n) is 12.3. The lowest BCUT2D eigenvalue weighted by Crippen LogP contribution is -2.51. The summed E-state index contributed by atoms with van der Waals surface area (Å²) in [4.78, 5) is 46.3. The Kier molecular flexibility index (Phi) is 6.57. The Balaban J connectivity index is 1.15. The third-order valence-corrected chi connectivity index (χ3v) is 7.01. The van der Waals surface area contributed by atoms with Gasteiger partial charge in [0.2, 0.25) is 5.91 Å². The second kappa shape index (κ2) is 9.95. The Hall–Kier alpha value is -3.97. The zero-order valence-electron chi connectivity index (χ0n) is 20.7. The minimum Gasteiger partial charge on any atom is -0.378 e. The molecule has 7 heteroatoms. The number of amides is 3. The van der Waals surface area contributed by atoms with E-state index in [0.717, 1.165) is 22.0 Å². The lowest BCUT2D eigenvalue weighted by molar-refractivity contribution is -0.127. The predicted octanol–water partition coefficient (Wildman–Crippen LogP) is 3.36. The van der Waals surface area contributed by atoms with E-state index in [0.29, 0.717) is 50.4 Å². The molecule has 2 aliphatic rings. The molecule has 5 rings (SSSR count). The Bertz CT molecular complexity index is 1290. The molecule has 36 heavy (non-hydrogen) atoms. The van der Waals surface area contributed by atoms with E-state index in [1.54, 1.807) is 18.2 Å². The molecule has 3 amide bonds. The maximum Gasteiger partial charge on any atom is 0.261 e. The maximum absolute atomic E-state index is 13.1. The fourth-order valence-electron chi connectivity index (χ4n) is 4.87. The molecule has 2 aliphatic heterocycles. The lowest BCUT2D eigenvalue weighted by atomic mass is 9.94. The summed E-state index contributed by atoms with van der Waals surface area (Å²) in [6.07, 6.45) is 3.48. The molecule has 0 unspecified atom stereocenters. The van der Waals surface area contributed by atoms with Crippen molar-refractivity contribution in [3.8, 4) is 0 Å². The van der Waals surface area contributed by atoms with Gasteiger partial charge in [0.25, 0.3) is 11.8 Å². The molecule has 0 bridgehead atoms. The Morgan fingerprint density at radius 1 is 0.833 bits per heavy atom. The molecule has 0 N–H and O–H groups in total. The normalized spacial score (nSPS) is 16.3. The summed E-state index contributed by atoms with van der Waals surface area (Å²) >= 11 is 0. The van der Waals surface area contributed by atoms with E-state index < -0.39 is 0 Å². The van der Waals surface area contributed by atoms with Crippen LogP contribution < -0.4 is 4.90 Å². The maximum atomic E-state index is 13.1. The largest absolute Gasteiger partial charge is 0.378 e. The van der Waals surface area contributed by atoms with Crippen molar-refractivity contribution in [1.29, 1.82) is 0 Å². The van der Waals surface area contributed by atoms with Gasteiger partial charge in [-0.25, -0.2) is 0 Å². The van der Waals surface area contributed by atoms with Crippen LogP contribution in [0.25, 0.3) is 16.8 Å². The number of benzene rings is 3. The van der Waals surface area contributed by atoms with Crippen molar-refractivity contribution < 1.29 is 14.4 Å². The molecule has 0 spiro atoms. The van der Waals surface area contributed by atoms with Crippen molar-refractivity contribution in [2.24, 2.45) is 0 Å². The third-order valence-electron chi connectivity index (χ3n) is 7.01. The van der Waals surface area contributed by atoms with Gasteiger partial charge in [0.05, 0.1) is 0 Å².